The second-order valence-corrected chi connectivity index (χ2v) is 6.53. The molecule has 1 aromatic carbocycles. The predicted octanol–water partition coefficient (Wildman–Crippen LogP) is 2.08. The van der Waals surface area contributed by atoms with Crippen LogP contribution < -0.4 is 5.32 Å². The number of rotatable bonds is 4. The number of oxime groups is 1. The Morgan fingerprint density at radius 2 is 1.96 bits per heavy atom. The predicted molar refractivity (Wildman–Crippen MR) is 88.2 cm³/mol. The first-order valence-corrected chi connectivity index (χ1v) is 8.09. The highest BCUT2D eigenvalue weighted by Crippen LogP contribution is 2.28. The number of hydrogen-bond acceptors (Lipinski definition) is 5. The molecule has 1 aliphatic heterocycles. The number of benzene rings is 1. The summed E-state index contributed by atoms with van der Waals surface area (Å²) in [5, 5.41) is 6.61. The van der Waals surface area contributed by atoms with E-state index in [0.29, 0.717) is 6.42 Å². The van der Waals surface area contributed by atoms with Crippen molar-refractivity contribution in [3.63, 3.8) is 0 Å². The summed E-state index contributed by atoms with van der Waals surface area (Å²) in [6.07, 6.45) is 3.88. The fourth-order valence-electron chi connectivity index (χ4n) is 2.99. The Bertz CT molecular complexity index is 788. The lowest BCUT2D eigenvalue weighted by Gasteiger charge is -2.23. The molecule has 3 rings (SSSR count). The summed E-state index contributed by atoms with van der Waals surface area (Å²) in [7, 11) is 1.31. The van der Waals surface area contributed by atoms with Gasteiger partial charge < -0.3 is 14.9 Å². The van der Waals surface area contributed by atoms with Crippen LogP contribution in [0.5, 0.6) is 0 Å². The minimum atomic E-state index is -1.30. The Morgan fingerprint density at radius 1 is 1.27 bits per heavy atom. The van der Waals surface area contributed by atoms with E-state index in [1.165, 1.54) is 7.11 Å². The van der Waals surface area contributed by atoms with Gasteiger partial charge in [-0.05, 0) is 25.5 Å². The largest absolute Gasteiger partial charge is 0.469 e. The van der Waals surface area contributed by atoms with Gasteiger partial charge in [-0.25, -0.2) is 8.78 Å². The Kier molecular flexibility index (Phi) is 4.76. The molecule has 3 unspecified atom stereocenters. The molecule has 6 nitrogen and oxygen atoms in total. The first-order valence-electron chi connectivity index (χ1n) is 8.09. The average molecular weight is 364 g/mol. The molecule has 1 amide bonds. The van der Waals surface area contributed by atoms with Crippen molar-refractivity contribution in [1.82, 2.24) is 5.32 Å². The van der Waals surface area contributed by atoms with Gasteiger partial charge in [-0.15, -0.1) is 0 Å². The van der Waals surface area contributed by atoms with E-state index in [0.717, 1.165) is 18.2 Å². The van der Waals surface area contributed by atoms with Crippen LogP contribution in [0.1, 0.15) is 25.3 Å². The molecular formula is C18H18F2N2O4. The SMILES string of the molecule is COC(=O)C1C=CC(NC(=O)C2(C)CC(c3cc(F)cc(F)c3)=NO2)C1. The van der Waals surface area contributed by atoms with Crippen molar-refractivity contribution >= 4 is 17.6 Å². The van der Waals surface area contributed by atoms with E-state index in [1.54, 1.807) is 19.1 Å². The Labute approximate surface area is 148 Å². The minimum Gasteiger partial charge on any atom is -0.469 e. The normalized spacial score (nSPS) is 27.0. The van der Waals surface area contributed by atoms with E-state index in [4.69, 9.17) is 4.84 Å². The zero-order valence-corrected chi connectivity index (χ0v) is 14.3. The van der Waals surface area contributed by atoms with Gasteiger partial charge in [-0.1, -0.05) is 17.3 Å². The third kappa shape index (κ3) is 3.58. The molecule has 1 N–H and O–H groups in total. The topological polar surface area (TPSA) is 77.0 Å². The highest BCUT2D eigenvalue weighted by molar-refractivity contribution is 6.05. The van der Waals surface area contributed by atoms with Crippen molar-refractivity contribution in [3.05, 3.63) is 47.5 Å². The van der Waals surface area contributed by atoms with Gasteiger partial charge in [0.05, 0.1) is 18.7 Å². The molecule has 0 saturated heterocycles. The maximum absolute atomic E-state index is 13.4. The number of ether oxygens (including phenoxy) is 1. The van der Waals surface area contributed by atoms with Crippen LogP contribution in [-0.4, -0.2) is 36.3 Å². The number of esters is 1. The van der Waals surface area contributed by atoms with Crippen molar-refractivity contribution in [2.75, 3.05) is 7.11 Å². The third-order valence-corrected chi connectivity index (χ3v) is 4.44. The maximum atomic E-state index is 13.4. The van der Waals surface area contributed by atoms with Crippen LogP contribution in [0.15, 0.2) is 35.5 Å². The molecule has 138 valence electrons. The molecule has 8 heteroatoms. The molecule has 1 aliphatic carbocycles. The van der Waals surface area contributed by atoms with Crippen LogP contribution in [-0.2, 0) is 19.2 Å². The number of nitrogens with zero attached hydrogens (tertiary/aromatic N) is 1. The molecule has 3 atom stereocenters. The van der Waals surface area contributed by atoms with Gasteiger partial charge in [0.25, 0.3) is 5.91 Å². The fourth-order valence-corrected chi connectivity index (χ4v) is 2.99. The van der Waals surface area contributed by atoms with Crippen molar-refractivity contribution in [1.29, 1.82) is 0 Å². The summed E-state index contributed by atoms with van der Waals surface area (Å²) >= 11 is 0. The van der Waals surface area contributed by atoms with Crippen LogP contribution in [0.2, 0.25) is 0 Å². The van der Waals surface area contributed by atoms with Gasteiger partial charge in [0.15, 0.2) is 0 Å². The highest BCUT2D eigenvalue weighted by Gasteiger charge is 2.43. The van der Waals surface area contributed by atoms with Gasteiger partial charge >= 0.3 is 5.97 Å². The summed E-state index contributed by atoms with van der Waals surface area (Å²) in [5.74, 6) is -2.64. The zero-order chi connectivity index (χ0) is 18.9. The Morgan fingerprint density at radius 3 is 2.62 bits per heavy atom. The van der Waals surface area contributed by atoms with Gasteiger partial charge in [0.1, 0.15) is 11.6 Å². The molecule has 0 fully saturated rings. The van der Waals surface area contributed by atoms with E-state index >= 15 is 0 Å². The highest BCUT2D eigenvalue weighted by atomic mass is 19.1. The van der Waals surface area contributed by atoms with Crippen LogP contribution in [0.3, 0.4) is 0 Å². The molecule has 0 saturated carbocycles. The number of nitrogens with one attached hydrogen (secondary N) is 1. The van der Waals surface area contributed by atoms with Crippen LogP contribution >= 0.6 is 0 Å². The number of hydrogen-bond donors (Lipinski definition) is 1. The first-order chi connectivity index (χ1) is 12.3. The molecule has 1 heterocycles. The molecule has 0 bridgehead atoms. The monoisotopic (exact) mass is 364 g/mol. The second-order valence-electron chi connectivity index (χ2n) is 6.53. The number of carbonyl (C=O) groups excluding carboxylic acids is 2. The summed E-state index contributed by atoms with van der Waals surface area (Å²) in [5.41, 5.74) is -0.782. The number of methoxy groups -OCH3 is 1. The van der Waals surface area contributed by atoms with E-state index in [-0.39, 0.29) is 29.7 Å². The Hall–Kier alpha value is -2.77. The van der Waals surface area contributed by atoms with Crippen molar-refractivity contribution in [3.8, 4) is 0 Å². The van der Waals surface area contributed by atoms with Crippen LogP contribution in [0, 0.1) is 17.6 Å². The smallest absolute Gasteiger partial charge is 0.312 e. The molecule has 26 heavy (non-hydrogen) atoms. The standard InChI is InChI=1S/C18H18F2N2O4/c1-18(17(24)21-14-4-3-10(7-14)16(23)25-2)9-15(22-26-18)11-5-12(19)8-13(20)6-11/h3-6,8,10,14H,7,9H2,1-2H3,(H,21,24). The van der Waals surface area contributed by atoms with Gasteiger partial charge in [0, 0.05) is 24.1 Å². The Balaban J connectivity index is 1.63. The minimum absolute atomic E-state index is 0.0680. The quantitative estimate of drug-likeness (QED) is 0.656. The van der Waals surface area contributed by atoms with Crippen LogP contribution in [0.4, 0.5) is 8.78 Å². The van der Waals surface area contributed by atoms with Gasteiger partial charge in [-0.3, -0.25) is 9.59 Å². The van der Waals surface area contributed by atoms with E-state index < -0.39 is 29.1 Å². The molecule has 1 aromatic rings. The van der Waals surface area contributed by atoms with Crippen LogP contribution in [0.25, 0.3) is 0 Å². The summed E-state index contributed by atoms with van der Waals surface area (Å²) in [6, 6.07) is 2.70. The maximum Gasteiger partial charge on any atom is 0.312 e. The number of carbonyl (C=O) groups is 2. The van der Waals surface area contributed by atoms with Gasteiger partial charge in [-0.2, -0.15) is 0 Å². The number of halogens is 2. The molecule has 0 radical (unpaired) electrons. The lowest BCUT2D eigenvalue weighted by molar-refractivity contribution is -0.145. The van der Waals surface area contributed by atoms with Crippen molar-refractivity contribution in [2.45, 2.75) is 31.4 Å². The lowest BCUT2D eigenvalue weighted by atomic mass is 9.94. The van der Waals surface area contributed by atoms with Crippen molar-refractivity contribution in [2.24, 2.45) is 11.1 Å². The third-order valence-electron chi connectivity index (χ3n) is 4.44. The molecule has 0 spiro atoms. The molecular weight excluding hydrogens is 346 g/mol. The van der Waals surface area contributed by atoms with Crippen molar-refractivity contribution < 1.29 is 27.9 Å². The van der Waals surface area contributed by atoms with E-state index in [2.05, 4.69) is 15.2 Å². The summed E-state index contributed by atoms with van der Waals surface area (Å²) < 4.78 is 31.4. The summed E-state index contributed by atoms with van der Waals surface area (Å²) in [4.78, 5) is 29.4. The first kappa shape index (κ1) is 18.0. The van der Waals surface area contributed by atoms with E-state index in [1.807, 2.05) is 0 Å². The van der Waals surface area contributed by atoms with Gasteiger partial charge in [0.2, 0.25) is 5.60 Å². The molecule has 0 aromatic heterocycles. The molecule has 2 aliphatic rings. The number of amides is 1. The summed E-state index contributed by atoms with van der Waals surface area (Å²) in [6.45, 7) is 1.55. The average Bonchev–Trinajstić information content (AvgIpc) is 3.21. The van der Waals surface area contributed by atoms with E-state index in [9.17, 15) is 18.4 Å². The lowest BCUT2D eigenvalue weighted by Crippen LogP contribution is -2.48. The second kappa shape index (κ2) is 6.86. The fraction of sp³-hybridized carbons (Fsp3) is 0.389. The zero-order valence-electron chi connectivity index (χ0n) is 14.3.